The smallest absolute Gasteiger partial charge is 0.181 e. The highest BCUT2D eigenvalue weighted by Gasteiger charge is 2.30. The first-order chi connectivity index (χ1) is 15.1. The van der Waals surface area contributed by atoms with Gasteiger partial charge in [-0.15, -0.1) is 0 Å². The van der Waals surface area contributed by atoms with Crippen LogP contribution in [0.1, 0.15) is 75.8 Å². The molecule has 0 atom stereocenters. The third-order valence-electron chi connectivity index (χ3n) is 6.41. The Morgan fingerprint density at radius 3 is 2.42 bits per heavy atom. The summed E-state index contributed by atoms with van der Waals surface area (Å²) in [6.07, 6.45) is 9.85. The lowest BCUT2D eigenvalue weighted by atomic mass is 10.0. The zero-order valence-corrected chi connectivity index (χ0v) is 18.8. The zero-order valence-electron chi connectivity index (χ0n) is 17.9. The van der Waals surface area contributed by atoms with Crippen LogP contribution in [0.15, 0.2) is 23.1 Å². The van der Waals surface area contributed by atoms with Crippen molar-refractivity contribution in [1.82, 2.24) is 15.2 Å². The number of sulfone groups is 1. The minimum atomic E-state index is -3.44. The molecule has 4 N–H and O–H groups in total. The monoisotopic (exact) mass is 447 g/mol. The van der Waals surface area contributed by atoms with Gasteiger partial charge in [-0.2, -0.15) is 5.10 Å². The van der Waals surface area contributed by atoms with E-state index in [4.69, 9.17) is 5.11 Å². The number of aliphatic hydroxyl groups excluding tert-OH is 1. The fourth-order valence-corrected chi connectivity index (χ4v) is 6.56. The Balaban J connectivity index is 1.58. The van der Waals surface area contributed by atoms with Crippen molar-refractivity contribution in [3.8, 4) is 0 Å². The molecule has 0 radical (unpaired) electrons. The van der Waals surface area contributed by atoms with E-state index in [1.54, 1.807) is 12.1 Å². The number of H-pyrrole nitrogens is 1. The number of aromatic amines is 1. The van der Waals surface area contributed by atoms with Crippen LogP contribution in [0.3, 0.4) is 0 Å². The van der Waals surface area contributed by atoms with E-state index in [2.05, 4.69) is 25.8 Å². The average molecular weight is 448 g/mol. The van der Waals surface area contributed by atoms with E-state index >= 15 is 0 Å². The van der Waals surface area contributed by atoms with Crippen LogP contribution in [0, 0.1) is 0 Å². The van der Waals surface area contributed by atoms with Crippen LogP contribution in [0.25, 0.3) is 0 Å². The SMILES string of the molecule is O=S(=O)(c1cc(NCCCO)nc(Nc2cc(C3CCCC3)[nH]n2)c1)C1CCCCC1. The number of rotatable bonds is 9. The van der Waals surface area contributed by atoms with Gasteiger partial charge in [0.15, 0.2) is 15.7 Å². The molecule has 0 aliphatic heterocycles. The number of pyridine rings is 1. The molecule has 0 bridgehead atoms. The first kappa shape index (κ1) is 22.1. The fourth-order valence-electron chi connectivity index (χ4n) is 4.67. The van der Waals surface area contributed by atoms with Gasteiger partial charge in [-0.3, -0.25) is 5.10 Å². The number of aromatic nitrogens is 3. The largest absolute Gasteiger partial charge is 0.396 e. The standard InChI is InChI=1S/C22H33N5O3S/c28-12-6-11-23-20-13-18(31(29,30)17-9-2-1-3-10-17)14-21(24-20)25-22-15-19(26-27-22)16-7-4-5-8-16/h13-17,28H,1-12H2,(H3,23,24,25,26,27). The summed E-state index contributed by atoms with van der Waals surface area (Å²) < 4.78 is 26.6. The normalized spacial score (nSPS) is 18.4. The fraction of sp³-hybridized carbons (Fsp3) is 0.636. The van der Waals surface area contributed by atoms with E-state index in [9.17, 15) is 8.42 Å². The second-order valence-corrected chi connectivity index (χ2v) is 10.9. The van der Waals surface area contributed by atoms with E-state index in [1.807, 2.05) is 6.07 Å². The molecule has 0 saturated heterocycles. The van der Waals surface area contributed by atoms with Gasteiger partial charge in [-0.05, 0) is 44.2 Å². The van der Waals surface area contributed by atoms with Crippen molar-refractivity contribution >= 4 is 27.3 Å². The Hall–Kier alpha value is -2.13. The van der Waals surface area contributed by atoms with Gasteiger partial charge in [0.05, 0.1) is 10.1 Å². The van der Waals surface area contributed by atoms with E-state index in [0.717, 1.165) is 25.0 Å². The third kappa shape index (κ3) is 5.38. The van der Waals surface area contributed by atoms with Crippen molar-refractivity contribution in [1.29, 1.82) is 0 Å². The van der Waals surface area contributed by atoms with E-state index < -0.39 is 9.84 Å². The molecular weight excluding hydrogens is 414 g/mol. The second kappa shape index (κ2) is 9.99. The van der Waals surface area contributed by atoms with Crippen LogP contribution in [0.4, 0.5) is 17.5 Å². The molecule has 2 heterocycles. The summed E-state index contributed by atoms with van der Waals surface area (Å²) >= 11 is 0. The number of anilines is 3. The van der Waals surface area contributed by atoms with Crippen molar-refractivity contribution in [2.45, 2.75) is 80.3 Å². The molecule has 0 unspecified atom stereocenters. The van der Waals surface area contributed by atoms with Gasteiger partial charge in [-0.25, -0.2) is 13.4 Å². The highest BCUT2D eigenvalue weighted by atomic mass is 32.2. The van der Waals surface area contributed by atoms with Crippen LogP contribution < -0.4 is 10.6 Å². The Bertz CT molecular complexity index is 963. The van der Waals surface area contributed by atoms with E-state index in [1.165, 1.54) is 25.7 Å². The number of nitrogens with zero attached hydrogens (tertiary/aromatic N) is 2. The molecule has 2 aromatic rings. The molecule has 2 aliphatic rings. The molecule has 170 valence electrons. The first-order valence-electron chi connectivity index (χ1n) is 11.5. The topological polar surface area (TPSA) is 120 Å². The summed E-state index contributed by atoms with van der Waals surface area (Å²) in [6, 6.07) is 5.23. The van der Waals surface area contributed by atoms with Gasteiger partial charge in [0.1, 0.15) is 11.6 Å². The van der Waals surface area contributed by atoms with Gasteiger partial charge >= 0.3 is 0 Å². The second-order valence-electron chi connectivity index (χ2n) is 8.70. The van der Waals surface area contributed by atoms with Gasteiger partial charge in [0.2, 0.25) is 0 Å². The summed E-state index contributed by atoms with van der Waals surface area (Å²) in [4.78, 5) is 4.83. The molecule has 2 saturated carbocycles. The lowest BCUT2D eigenvalue weighted by molar-refractivity contribution is 0.292. The highest BCUT2D eigenvalue weighted by molar-refractivity contribution is 7.92. The maximum absolute atomic E-state index is 13.3. The van der Waals surface area contributed by atoms with E-state index in [-0.39, 0.29) is 16.8 Å². The van der Waals surface area contributed by atoms with Gasteiger partial charge in [0.25, 0.3) is 0 Å². The van der Waals surface area contributed by atoms with Crippen LogP contribution in [-0.2, 0) is 9.84 Å². The van der Waals surface area contributed by atoms with Crippen molar-refractivity contribution in [2.75, 3.05) is 23.8 Å². The average Bonchev–Trinajstić information content (AvgIpc) is 3.46. The molecular formula is C22H33N5O3S. The molecule has 9 heteroatoms. The quantitative estimate of drug-likeness (QED) is 0.427. The minimum Gasteiger partial charge on any atom is -0.396 e. The molecule has 8 nitrogen and oxygen atoms in total. The van der Waals surface area contributed by atoms with Crippen molar-refractivity contribution in [3.05, 3.63) is 23.9 Å². The molecule has 31 heavy (non-hydrogen) atoms. The summed E-state index contributed by atoms with van der Waals surface area (Å²) in [6.45, 7) is 0.583. The molecule has 0 aromatic carbocycles. The third-order valence-corrected chi connectivity index (χ3v) is 8.65. The lowest BCUT2D eigenvalue weighted by Gasteiger charge is -2.22. The molecule has 4 rings (SSSR count). The molecule has 2 aliphatic carbocycles. The Labute approximate surface area is 184 Å². The zero-order chi connectivity index (χ0) is 21.7. The molecule has 0 spiro atoms. The summed E-state index contributed by atoms with van der Waals surface area (Å²) in [7, 11) is -3.44. The Morgan fingerprint density at radius 1 is 0.968 bits per heavy atom. The van der Waals surface area contributed by atoms with Crippen molar-refractivity contribution in [3.63, 3.8) is 0 Å². The number of hydrogen-bond donors (Lipinski definition) is 4. The Kier molecular flexibility index (Phi) is 7.12. The maximum Gasteiger partial charge on any atom is 0.181 e. The number of nitrogens with one attached hydrogen (secondary N) is 3. The number of aliphatic hydroxyl groups is 1. The number of hydrogen-bond acceptors (Lipinski definition) is 7. The highest BCUT2D eigenvalue weighted by Crippen LogP contribution is 2.34. The van der Waals surface area contributed by atoms with Crippen molar-refractivity contribution in [2.24, 2.45) is 0 Å². The van der Waals surface area contributed by atoms with Crippen LogP contribution >= 0.6 is 0 Å². The predicted molar refractivity (Wildman–Crippen MR) is 122 cm³/mol. The summed E-state index contributed by atoms with van der Waals surface area (Å²) in [5.74, 6) is 2.10. The molecule has 2 aromatic heterocycles. The van der Waals surface area contributed by atoms with Gasteiger partial charge in [-0.1, -0.05) is 32.1 Å². The van der Waals surface area contributed by atoms with Gasteiger partial charge in [0, 0.05) is 30.8 Å². The first-order valence-corrected chi connectivity index (χ1v) is 13.0. The molecule has 0 amide bonds. The molecule has 2 fully saturated rings. The summed E-state index contributed by atoms with van der Waals surface area (Å²) in [5.41, 5.74) is 1.12. The predicted octanol–water partition coefficient (Wildman–Crippen LogP) is 4.11. The maximum atomic E-state index is 13.3. The Morgan fingerprint density at radius 2 is 1.68 bits per heavy atom. The van der Waals surface area contributed by atoms with E-state index in [0.29, 0.717) is 49.2 Å². The van der Waals surface area contributed by atoms with Gasteiger partial charge < -0.3 is 15.7 Å². The van der Waals surface area contributed by atoms with Crippen LogP contribution in [0.5, 0.6) is 0 Å². The van der Waals surface area contributed by atoms with Crippen molar-refractivity contribution < 1.29 is 13.5 Å². The van der Waals surface area contributed by atoms with Crippen LogP contribution in [-0.4, -0.2) is 47.1 Å². The minimum absolute atomic E-state index is 0.0649. The summed E-state index contributed by atoms with van der Waals surface area (Å²) in [5, 5.41) is 22.5. The van der Waals surface area contributed by atoms with Crippen LogP contribution in [0.2, 0.25) is 0 Å². The lowest BCUT2D eigenvalue weighted by Crippen LogP contribution is -2.24.